The van der Waals surface area contributed by atoms with Crippen molar-refractivity contribution in [3.8, 4) is 0 Å². The van der Waals surface area contributed by atoms with Gasteiger partial charge in [-0.25, -0.2) is 0 Å². The smallest absolute Gasteiger partial charge is 0.112 e. The predicted molar refractivity (Wildman–Crippen MR) is 42.7 cm³/mol. The van der Waals surface area contributed by atoms with Gasteiger partial charge in [0.25, 0.3) is 0 Å². The second-order valence-electron chi connectivity index (χ2n) is 2.77. The standard InChI is InChI=1S/C8H14O4/c1-11-5-3-4-6(12-2)8(10)7(5)9/h3-10H,1-2H3/t5-,6-,7+,8+/m1/s1. The molecule has 0 radical (unpaired) electrons. The van der Waals surface area contributed by atoms with E-state index in [2.05, 4.69) is 0 Å². The van der Waals surface area contributed by atoms with Crippen LogP contribution in [0, 0.1) is 0 Å². The Morgan fingerprint density at radius 3 is 1.50 bits per heavy atom. The molecule has 1 aliphatic carbocycles. The second kappa shape index (κ2) is 4.00. The molecule has 0 aliphatic heterocycles. The molecule has 0 unspecified atom stereocenters. The van der Waals surface area contributed by atoms with Crippen molar-refractivity contribution in [2.75, 3.05) is 14.2 Å². The molecule has 0 aromatic rings. The maximum Gasteiger partial charge on any atom is 0.112 e. The first-order chi connectivity index (χ1) is 5.70. The first-order valence-corrected chi connectivity index (χ1v) is 3.80. The molecule has 0 saturated heterocycles. The van der Waals surface area contributed by atoms with Crippen molar-refractivity contribution in [3.63, 3.8) is 0 Å². The molecule has 1 rings (SSSR count). The van der Waals surface area contributed by atoms with Gasteiger partial charge in [-0.15, -0.1) is 0 Å². The zero-order chi connectivity index (χ0) is 9.14. The zero-order valence-corrected chi connectivity index (χ0v) is 7.18. The Hall–Kier alpha value is -0.420. The van der Waals surface area contributed by atoms with Gasteiger partial charge in [0, 0.05) is 14.2 Å². The summed E-state index contributed by atoms with van der Waals surface area (Å²) in [5.74, 6) is 0. The monoisotopic (exact) mass is 174 g/mol. The van der Waals surface area contributed by atoms with Crippen LogP contribution in [0.25, 0.3) is 0 Å². The Kier molecular flexibility index (Phi) is 3.22. The Morgan fingerprint density at radius 1 is 0.917 bits per heavy atom. The maximum absolute atomic E-state index is 9.43. The van der Waals surface area contributed by atoms with Crippen LogP contribution >= 0.6 is 0 Å². The van der Waals surface area contributed by atoms with Gasteiger partial charge in [-0.1, -0.05) is 12.2 Å². The Balaban J connectivity index is 2.68. The first-order valence-electron chi connectivity index (χ1n) is 3.80. The summed E-state index contributed by atoms with van der Waals surface area (Å²) in [5.41, 5.74) is 0. The molecular weight excluding hydrogens is 160 g/mol. The fraction of sp³-hybridized carbons (Fsp3) is 0.750. The van der Waals surface area contributed by atoms with E-state index in [9.17, 15) is 10.2 Å². The van der Waals surface area contributed by atoms with E-state index in [1.807, 2.05) is 0 Å². The number of rotatable bonds is 2. The minimum Gasteiger partial charge on any atom is -0.387 e. The number of ether oxygens (including phenoxy) is 2. The van der Waals surface area contributed by atoms with E-state index in [4.69, 9.17) is 9.47 Å². The number of hydrogen-bond acceptors (Lipinski definition) is 4. The van der Waals surface area contributed by atoms with Crippen molar-refractivity contribution in [3.05, 3.63) is 12.2 Å². The summed E-state index contributed by atoms with van der Waals surface area (Å²) in [5, 5.41) is 18.9. The topological polar surface area (TPSA) is 58.9 Å². The van der Waals surface area contributed by atoms with E-state index >= 15 is 0 Å². The molecule has 0 spiro atoms. The third kappa shape index (κ3) is 1.67. The highest BCUT2D eigenvalue weighted by molar-refractivity contribution is 5.08. The number of aliphatic hydroxyl groups is 2. The SMILES string of the molecule is CO[C@@H]1C=C[C@@H](OC)[C@H](O)[C@H]1O. The van der Waals surface area contributed by atoms with Crippen LogP contribution in [0.3, 0.4) is 0 Å². The number of aliphatic hydroxyl groups excluding tert-OH is 2. The molecule has 0 aromatic carbocycles. The predicted octanol–water partition coefficient (Wildman–Crippen LogP) is -0.692. The number of hydrogen-bond donors (Lipinski definition) is 2. The summed E-state index contributed by atoms with van der Waals surface area (Å²) < 4.78 is 9.83. The highest BCUT2D eigenvalue weighted by Gasteiger charge is 2.33. The lowest BCUT2D eigenvalue weighted by Gasteiger charge is -2.31. The average molecular weight is 174 g/mol. The summed E-state index contributed by atoms with van der Waals surface area (Å²) in [6.45, 7) is 0. The highest BCUT2D eigenvalue weighted by Crippen LogP contribution is 2.17. The van der Waals surface area contributed by atoms with Crippen molar-refractivity contribution >= 4 is 0 Å². The molecule has 4 atom stereocenters. The quantitative estimate of drug-likeness (QED) is 0.544. The van der Waals surface area contributed by atoms with Crippen molar-refractivity contribution in [2.45, 2.75) is 24.4 Å². The Bertz CT molecular complexity index is 150. The molecule has 12 heavy (non-hydrogen) atoms. The molecule has 0 bridgehead atoms. The summed E-state index contributed by atoms with van der Waals surface area (Å²) in [6.07, 6.45) is 0.671. The summed E-state index contributed by atoms with van der Waals surface area (Å²) in [4.78, 5) is 0. The van der Waals surface area contributed by atoms with Crippen LogP contribution in [0.1, 0.15) is 0 Å². The molecule has 0 fully saturated rings. The first kappa shape index (κ1) is 9.67. The lowest BCUT2D eigenvalue weighted by molar-refractivity contribution is -0.106. The largest absolute Gasteiger partial charge is 0.387 e. The molecule has 2 N–H and O–H groups in total. The Morgan fingerprint density at radius 2 is 1.25 bits per heavy atom. The minimum absolute atomic E-state index is 0.439. The third-order valence-electron chi connectivity index (χ3n) is 2.06. The van der Waals surface area contributed by atoms with E-state index in [-0.39, 0.29) is 0 Å². The van der Waals surface area contributed by atoms with Crippen LogP contribution in [0.5, 0.6) is 0 Å². The van der Waals surface area contributed by atoms with Crippen molar-refractivity contribution < 1.29 is 19.7 Å². The molecule has 1 aliphatic rings. The van der Waals surface area contributed by atoms with Crippen LogP contribution in [0.2, 0.25) is 0 Å². The van der Waals surface area contributed by atoms with Gasteiger partial charge in [0.15, 0.2) is 0 Å². The summed E-state index contributed by atoms with van der Waals surface area (Å²) in [6, 6.07) is 0. The lowest BCUT2D eigenvalue weighted by atomic mass is 9.96. The van der Waals surface area contributed by atoms with Gasteiger partial charge < -0.3 is 19.7 Å². The van der Waals surface area contributed by atoms with Crippen molar-refractivity contribution in [1.29, 1.82) is 0 Å². The fourth-order valence-corrected chi connectivity index (χ4v) is 1.27. The van der Waals surface area contributed by atoms with Gasteiger partial charge in [-0.05, 0) is 0 Å². The summed E-state index contributed by atoms with van der Waals surface area (Å²) in [7, 11) is 2.97. The van der Waals surface area contributed by atoms with Crippen LogP contribution in [-0.2, 0) is 9.47 Å². The van der Waals surface area contributed by atoms with Gasteiger partial charge in [0.1, 0.15) is 24.4 Å². The van der Waals surface area contributed by atoms with Crippen LogP contribution in [0.4, 0.5) is 0 Å². The highest BCUT2D eigenvalue weighted by atomic mass is 16.5. The van der Waals surface area contributed by atoms with E-state index in [1.165, 1.54) is 14.2 Å². The summed E-state index contributed by atoms with van der Waals surface area (Å²) >= 11 is 0. The molecule has 4 heteroatoms. The molecule has 0 amide bonds. The van der Waals surface area contributed by atoms with E-state index in [0.29, 0.717) is 0 Å². The minimum atomic E-state index is -0.912. The van der Waals surface area contributed by atoms with E-state index in [0.717, 1.165) is 0 Å². The Labute approximate surface area is 71.4 Å². The van der Waals surface area contributed by atoms with Crippen LogP contribution in [-0.4, -0.2) is 48.8 Å². The molecule has 0 aromatic heterocycles. The normalized spacial score (nSPS) is 41.7. The number of methoxy groups -OCH3 is 2. The molecule has 0 heterocycles. The second-order valence-corrected chi connectivity index (χ2v) is 2.77. The average Bonchev–Trinajstić information content (AvgIpc) is 2.10. The van der Waals surface area contributed by atoms with Gasteiger partial charge in [0.2, 0.25) is 0 Å². The van der Waals surface area contributed by atoms with E-state index in [1.54, 1.807) is 12.2 Å². The van der Waals surface area contributed by atoms with Gasteiger partial charge >= 0.3 is 0 Å². The molecule has 0 saturated carbocycles. The van der Waals surface area contributed by atoms with E-state index < -0.39 is 24.4 Å². The maximum atomic E-state index is 9.43. The zero-order valence-electron chi connectivity index (χ0n) is 7.18. The van der Waals surface area contributed by atoms with Crippen LogP contribution < -0.4 is 0 Å². The van der Waals surface area contributed by atoms with Gasteiger partial charge in [-0.3, -0.25) is 0 Å². The fourth-order valence-electron chi connectivity index (χ4n) is 1.27. The third-order valence-corrected chi connectivity index (χ3v) is 2.06. The molecular formula is C8H14O4. The molecule has 4 nitrogen and oxygen atoms in total. The van der Waals surface area contributed by atoms with Gasteiger partial charge in [-0.2, -0.15) is 0 Å². The van der Waals surface area contributed by atoms with Crippen LogP contribution in [0.15, 0.2) is 12.2 Å². The van der Waals surface area contributed by atoms with Gasteiger partial charge in [0.05, 0.1) is 0 Å². The lowest BCUT2D eigenvalue weighted by Crippen LogP contribution is -2.47. The van der Waals surface area contributed by atoms with Crippen molar-refractivity contribution in [2.24, 2.45) is 0 Å². The van der Waals surface area contributed by atoms with Crippen molar-refractivity contribution in [1.82, 2.24) is 0 Å². The molecule has 70 valence electrons.